The Morgan fingerprint density at radius 3 is 2.61 bits per heavy atom. The van der Waals surface area contributed by atoms with E-state index < -0.39 is 0 Å². The summed E-state index contributed by atoms with van der Waals surface area (Å²) in [5.41, 5.74) is 3.51. The van der Waals surface area contributed by atoms with Gasteiger partial charge < -0.3 is 10.6 Å². The summed E-state index contributed by atoms with van der Waals surface area (Å²) in [5, 5.41) is 6.84. The molecule has 1 aromatic carbocycles. The van der Waals surface area contributed by atoms with Gasteiger partial charge in [0.2, 0.25) is 0 Å². The maximum Gasteiger partial charge on any atom is 0.00783 e. The van der Waals surface area contributed by atoms with E-state index in [4.69, 9.17) is 0 Å². The van der Waals surface area contributed by atoms with Gasteiger partial charge in [-0.25, -0.2) is 0 Å². The molecule has 2 fully saturated rings. The third-order valence-corrected chi connectivity index (χ3v) is 4.66. The number of rotatable bonds is 4. The number of nitrogens with one attached hydrogen (secondary N) is 2. The summed E-state index contributed by atoms with van der Waals surface area (Å²) < 4.78 is 0. The smallest absolute Gasteiger partial charge is 0.00783 e. The van der Waals surface area contributed by atoms with Crippen molar-refractivity contribution in [3.63, 3.8) is 0 Å². The van der Waals surface area contributed by atoms with Gasteiger partial charge in [-0.05, 0) is 56.3 Å². The van der Waals surface area contributed by atoms with E-state index in [0.29, 0.717) is 5.41 Å². The van der Waals surface area contributed by atoms with E-state index in [2.05, 4.69) is 41.9 Å². The summed E-state index contributed by atoms with van der Waals surface area (Å²) in [6.07, 6.45) is 5.35. The van der Waals surface area contributed by atoms with Crippen LogP contribution in [0.2, 0.25) is 0 Å². The predicted octanol–water partition coefficient (Wildman–Crippen LogP) is 2.40. The molecule has 1 aromatic rings. The Labute approximate surface area is 110 Å². The van der Waals surface area contributed by atoms with Gasteiger partial charge in [-0.1, -0.05) is 24.3 Å². The van der Waals surface area contributed by atoms with Gasteiger partial charge >= 0.3 is 0 Å². The van der Waals surface area contributed by atoms with Crippen molar-refractivity contribution in [1.82, 2.24) is 10.6 Å². The molecule has 2 nitrogen and oxygen atoms in total. The molecule has 0 bridgehead atoms. The molecule has 0 amide bonds. The second-order valence-electron chi connectivity index (χ2n) is 5.98. The zero-order chi connectivity index (χ0) is 12.4. The Hall–Kier alpha value is -0.860. The number of piperidine rings is 1. The highest BCUT2D eigenvalue weighted by Crippen LogP contribution is 2.47. The fraction of sp³-hybridized carbons (Fsp3) is 0.625. The highest BCUT2D eigenvalue weighted by Gasteiger charge is 2.43. The molecule has 2 aliphatic rings. The van der Waals surface area contributed by atoms with E-state index in [1.807, 2.05) is 0 Å². The molecule has 1 unspecified atom stereocenters. The fourth-order valence-corrected chi connectivity index (χ4v) is 3.30. The van der Waals surface area contributed by atoms with E-state index in [0.717, 1.165) is 19.0 Å². The molecule has 1 aliphatic heterocycles. The highest BCUT2D eigenvalue weighted by atomic mass is 14.9. The standard InChI is InChI=1S/C16H24N2/c1-17-12-16(8-9-16)15-6-4-13(5-7-15)14-3-2-10-18-11-14/h4-7,14,17-18H,2-3,8-12H2,1H3. The SMILES string of the molecule is CNCC1(c2ccc(C3CCCNC3)cc2)CC1. The molecule has 1 heterocycles. The molecule has 1 saturated heterocycles. The molecule has 18 heavy (non-hydrogen) atoms. The molecule has 0 aromatic heterocycles. The molecule has 2 heteroatoms. The minimum absolute atomic E-state index is 0.456. The first-order valence-electron chi connectivity index (χ1n) is 7.30. The lowest BCUT2D eigenvalue weighted by Gasteiger charge is -2.24. The monoisotopic (exact) mass is 244 g/mol. The van der Waals surface area contributed by atoms with Crippen molar-refractivity contribution in [2.45, 2.75) is 37.0 Å². The minimum atomic E-state index is 0.456. The third kappa shape index (κ3) is 2.32. The lowest BCUT2D eigenvalue weighted by atomic mass is 9.88. The summed E-state index contributed by atoms with van der Waals surface area (Å²) in [4.78, 5) is 0. The molecule has 98 valence electrons. The molecular formula is C16H24N2. The van der Waals surface area contributed by atoms with Gasteiger partial charge in [-0.15, -0.1) is 0 Å². The van der Waals surface area contributed by atoms with Gasteiger partial charge in [-0.2, -0.15) is 0 Å². The van der Waals surface area contributed by atoms with E-state index >= 15 is 0 Å². The van der Waals surface area contributed by atoms with E-state index in [1.54, 1.807) is 0 Å². The Bertz CT molecular complexity index is 386. The number of hydrogen-bond acceptors (Lipinski definition) is 2. The van der Waals surface area contributed by atoms with Gasteiger partial charge in [0, 0.05) is 18.5 Å². The Kier molecular flexibility index (Phi) is 3.40. The van der Waals surface area contributed by atoms with Gasteiger partial charge in [0.1, 0.15) is 0 Å². The second kappa shape index (κ2) is 5.02. The quantitative estimate of drug-likeness (QED) is 0.850. The maximum atomic E-state index is 3.50. The minimum Gasteiger partial charge on any atom is -0.319 e. The largest absolute Gasteiger partial charge is 0.319 e. The summed E-state index contributed by atoms with van der Waals surface area (Å²) in [6, 6.07) is 9.47. The molecule has 3 rings (SSSR count). The summed E-state index contributed by atoms with van der Waals surface area (Å²) in [6.45, 7) is 3.47. The van der Waals surface area contributed by atoms with Gasteiger partial charge in [0.15, 0.2) is 0 Å². The topological polar surface area (TPSA) is 24.1 Å². The van der Waals surface area contributed by atoms with Crippen molar-refractivity contribution in [3.8, 4) is 0 Å². The zero-order valence-electron chi connectivity index (χ0n) is 11.3. The first-order chi connectivity index (χ1) is 8.84. The van der Waals surface area contributed by atoms with Crippen LogP contribution in [-0.2, 0) is 5.41 Å². The second-order valence-corrected chi connectivity index (χ2v) is 5.98. The van der Waals surface area contributed by atoms with Gasteiger partial charge in [0.05, 0.1) is 0 Å². The molecule has 1 saturated carbocycles. The lowest BCUT2D eigenvalue weighted by Crippen LogP contribution is -2.28. The Balaban J connectivity index is 1.72. The van der Waals surface area contributed by atoms with Crippen LogP contribution in [0.3, 0.4) is 0 Å². The van der Waals surface area contributed by atoms with Crippen molar-refractivity contribution < 1.29 is 0 Å². The van der Waals surface area contributed by atoms with Crippen molar-refractivity contribution in [2.24, 2.45) is 0 Å². The van der Waals surface area contributed by atoms with Crippen molar-refractivity contribution >= 4 is 0 Å². The Morgan fingerprint density at radius 1 is 1.28 bits per heavy atom. The summed E-state index contributed by atoms with van der Waals surface area (Å²) >= 11 is 0. The van der Waals surface area contributed by atoms with E-state index in [9.17, 15) is 0 Å². The average molecular weight is 244 g/mol. The maximum absolute atomic E-state index is 3.50. The van der Waals surface area contributed by atoms with Crippen LogP contribution < -0.4 is 10.6 Å². The molecule has 0 radical (unpaired) electrons. The predicted molar refractivity (Wildman–Crippen MR) is 76.1 cm³/mol. The van der Waals surface area contributed by atoms with E-state index in [-0.39, 0.29) is 0 Å². The molecule has 2 N–H and O–H groups in total. The number of benzene rings is 1. The van der Waals surface area contributed by atoms with Crippen LogP contribution in [0.5, 0.6) is 0 Å². The van der Waals surface area contributed by atoms with Crippen LogP contribution in [0.4, 0.5) is 0 Å². The first kappa shape index (κ1) is 12.2. The fourth-order valence-electron chi connectivity index (χ4n) is 3.30. The molecule has 1 atom stereocenters. The summed E-state index contributed by atoms with van der Waals surface area (Å²) in [5.74, 6) is 0.729. The van der Waals surface area contributed by atoms with Crippen molar-refractivity contribution in [3.05, 3.63) is 35.4 Å². The Morgan fingerprint density at radius 2 is 2.06 bits per heavy atom. The van der Waals surface area contributed by atoms with Crippen LogP contribution in [0, 0.1) is 0 Å². The number of likely N-dealkylation sites (N-methyl/N-ethyl adjacent to an activating group) is 1. The van der Waals surface area contributed by atoms with Crippen LogP contribution in [0.15, 0.2) is 24.3 Å². The molecular weight excluding hydrogens is 220 g/mol. The highest BCUT2D eigenvalue weighted by molar-refractivity contribution is 5.35. The summed E-state index contributed by atoms with van der Waals surface area (Å²) in [7, 11) is 2.06. The van der Waals surface area contributed by atoms with Crippen LogP contribution in [0.1, 0.15) is 42.7 Å². The zero-order valence-corrected chi connectivity index (χ0v) is 11.3. The number of hydrogen-bond donors (Lipinski definition) is 2. The lowest BCUT2D eigenvalue weighted by molar-refractivity contribution is 0.461. The van der Waals surface area contributed by atoms with Crippen LogP contribution in [-0.4, -0.2) is 26.7 Å². The van der Waals surface area contributed by atoms with E-state index in [1.165, 1.54) is 43.4 Å². The van der Waals surface area contributed by atoms with Crippen LogP contribution in [0.25, 0.3) is 0 Å². The molecule has 1 aliphatic carbocycles. The van der Waals surface area contributed by atoms with Crippen molar-refractivity contribution in [1.29, 1.82) is 0 Å². The van der Waals surface area contributed by atoms with Crippen molar-refractivity contribution in [2.75, 3.05) is 26.7 Å². The first-order valence-corrected chi connectivity index (χ1v) is 7.30. The van der Waals surface area contributed by atoms with Crippen LogP contribution >= 0.6 is 0 Å². The normalized spacial score (nSPS) is 25.9. The molecule has 0 spiro atoms. The third-order valence-electron chi connectivity index (χ3n) is 4.66. The van der Waals surface area contributed by atoms with Gasteiger partial charge in [-0.3, -0.25) is 0 Å². The average Bonchev–Trinajstić information content (AvgIpc) is 3.21. The van der Waals surface area contributed by atoms with Gasteiger partial charge in [0.25, 0.3) is 0 Å².